The zero-order chi connectivity index (χ0) is 15.2. The Bertz CT molecular complexity index is 574. The van der Waals surface area contributed by atoms with Gasteiger partial charge in [0.05, 0.1) is 19.4 Å². The number of nitrogens with zero attached hydrogens (tertiary/aromatic N) is 1. The number of aromatic nitrogens is 1. The van der Waals surface area contributed by atoms with Gasteiger partial charge in [0.1, 0.15) is 5.76 Å². The summed E-state index contributed by atoms with van der Waals surface area (Å²) in [6.07, 6.45) is 0. The lowest BCUT2D eigenvalue weighted by Gasteiger charge is -2.11. The maximum atomic E-state index is 5.58. The van der Waals surface area contributed by atoms with Gasteiger partial charge < -0.3 is 19.3 Å². The van der Waals surface area contributed by atoms with Crippen molar-refractivity contribution in [1.29, 1.82) is 0 Å². The fourth-order valence-corrected chi connectivity index (χ4v) is 2.19. The van der Waals surface area contributed by atoms with Crippen molar-refractivity contribution in [2.45, 2.75) is 33.9 Å². The van der Waals surface area contributed by atoms with E-state index < -0.39 is 0 Å². The van der Waals surface area contributed by atoms with E-state index in [0.29, 0.717) is 6.61 Å². The lowest BCUT2D eigenvalue weighted by Crippen LogP contribution is -2.13. The van der Waals surface area contributed by atoms with Crippen molar-refractivity contribution >= 4 is 0 Å². The molecule has 1 aromatic heterocycles. The number of ether oxygens (including phenoxy) is 2. The zero-order valence-electron chi connectivity index (χ0n) is 13.0. The van der Waals surface area contributed by atoms with Crippen molar-refractivity contribution in [3.8, 4) is 11.5 Å². The van der Waals surface area contributed by atoms with Crippen molar-refractivity contribution in [2.24, 2.45) is 0 Å². The van der Waals surface area contributed by atoms with Crippen LogP contribution < -0.4 is 14.8 Å². The molecule has 0 amide bonds. The van der Waals surface area contributed by atoms with Crippen LogP contribution in [-0.4, -0.2) is 18.9 Å². The van der Waals surface area contributed by atoms with E-state index in [1.165, 1.54) is 0 Å². The van der Waals surface area contributed by atoms with Gasteiger partial charge >= 0.3 is 0 Å². The summed E-state index contributed by atoms with van der Waals surface area (Å²) >= 11 is 0. The number of benzene rings is 1. The van der Waals surface area contributed by atoms with Gasteiger partial charge in [-0.25, -0.2) is 0 Å². The topological polar surface area (TPSA) is 56.5 Å². The second-order valence-electron chi connectivity index (χ2n) is 4.82. The first kappa shape index (κ1) is 15.4. The Morgan fingerprint density at radius 2 is 2.00 bits per heavy atom. The van der Waals surface area contributed by atoms with E-state index in [2.05, 4.69) is 10.5 Å². The van der Waals surface area contributed by atoms with Gasteiger partial charge in [0, 0.05) is 18.7 Å². The third kappa shape index (κ3) is 3.76. The molecule has 0 unspecified atom stereocenters. The Morgan fingerprint density at radius 1 is 1.19 bits per heavy atom. The molecule has 0 radical (unpaired) electrons. The molecule has 1 aromatic carbocycles. The van der Waals surface area contributed by atoms with Gasteiger partial charge in [0.15, 0.2) is 11.5 Å². The molecule has 1 N–H and O–H groups in total. The summed E-state index contributed by atoms with van der Waals surface area (Å²) in [6.45, 7) is 7.94. The fraction of sp³-hybridized carbons (Fsp3) is 0.438. The zero-order valence-corrected chi connectivity index (χ0v) is 13.0. The first-order chi connectivity index (χ1) is 10.2. The molecule has 5 heteroatoms. The average molecular weight is 290 g/mol. The summed E-state index contributed by atoms with van der Waals surface area (Å²) in [4.78, 5) is 0. The molecule has 0 saturated heterocycles. The molecule has 1 heterocycles. The van der Waals surface area contributed by atoms with Crippen LogP contribution >= 0.6 is 0 Å². The largest absolute Gasteiger partial charge is 0.493 e. The second-order valence-corrected chi connectivity index (χ2v) is 4.82. The van der Waals surface area contributed by atoms with E-state index in [0.717, 1.165) is 47.2 Å². The molecular formula is C16H22N2O3. The third-order valence-electron chi connectivity index (χ3n) is 3.34. The maximum absolute atomic E-state index is 5.58. The molecule has 0 bridgehead atoms. The fourth-order valence-electron chi connectivity index (χ4n) is 2.19. The molecule has 2 rings (SSSR count). The van der Waals surface area contributed by atoms with E-state index in [4.69, 9.17) is 14.0 Å². The van der Waals surface area contributed by atoms with Gasteiger partial charge in [-0.2, -0.15) is 0 Å². The van der Waals surface area contributed by atoms with E-state index in [-0.39, 0.29) is 0 Å². The molecule has 0 atom stereocenters. The molecule has 5 nitrogen and oxygen atoms in total. The highest BCUT2D eigenvalue weighted by Gasteiger charge is 2.09. The first-order valence-electron chi connectivity index (χ1n) is 7.07. The van der Waals surface area contributed by atoms with Crippen LogP contribution in [0.1, 0.15) is 29.5 Å². The van der Waals surface area contributed by atoms with Gasteiger partial charge in [-0.05, 0) is 38.5 Å². The van der Waals surface area contributed by atoms with Gasteiger partial charge in [0.25, 0.3) is 0 Å². The van der Waals surface area contributed by atoms with Gasteiger partial charge in [0.2, 0.25) is 0 Å². The number of rotatable bonds is 7. The average Bonchev–Trinajstić information content (AvgIpc) is 2.80. The molecule has 0 fully saturated rings. The Hall–Kier alpha value is -2.01. The summed E-state index contributed by atoms with van der Waals surface area (Å²) in [6, 6.07) is 5.96. The van der Waals surface area contributed by atoms with Crippen LogP contribution in [0.2, 0.25) is 0 Å². The number of methoxy groups -OCH3 is 1. The minimum Gasteiger partial charge on any atom is -0.493 e. The lowest BCUT2D eigenvalue weighted by atomic mass is 10.1. The van der Waals surface area contributed by atoms with Crippen molar-refractivity contribution in [3.63, 3.8) is 0 Å². The molecule has 0 spiro atoms. The summed E-state index contributed by atoms with van der Waals surface area (Å²) in [5.74, 6) is 2.40. The lowest BCUT2D eigenvalue weighted by molar-refractivity contribution is 0.310. The van der Waals surface area contributed by atoms with E-state index in [1.807, 2.05) is 39.0 Å². The molecule has 0 aliphatic rings. The normalized spacial score (nSPS) is 10.7. The third-order valence-corrected chi connectivity index (χ3v) is 3.34. The smallest absolute Gasteiger partial charge is 0.161 e. The first-order valence-corrected chi connectivity index (χ1v) is 7.07. The predicted octanol–water partition coefficient (Wildman–Crippen LogP) is 2.99. The van der Waals surface area contributed by atoms with Crippen molar-refractivity contribution in [3.05, 3.63) is 40.8 Å². The van der Waals surface area contributed by atoms with Crippen LogP contribution in [0.4, 0.5) is 0 Å². The van der Waals surface area contributed by atoms with Gasteiger partial charge in [-0.15, -0.1) is 0 Å². The second kappa shape index (κ2) is 7.13. The standard InChI is InChI=1S/C16H22N2O3/c1-5-20-16-8-13(6-7-15(16)19-4)9-17-10-14-11(2)18-21-12(14)3/h6-8,17H,5,9-10H2,1-4H3. The highest BCUT2D eigenvalue weighted by Crippen LogP contribution is 2.28. The van der Waals surface area contributed by atoms with Crippen LogP contribution in [0.3, 0.4) is 0 Å². The molecular weight excluding hydrogens is 268 g/mol. The van der Waals surface area contributed by atoms with Crippen LogP contribution in [0.25, 0.3) is 0 Å². The minimum absolute atomic E-state index is 0.617. The quantitative estimate of drug-likeness (QED) is 0.849. The number of hydrogen-bond acceptors (Lipinski definition) is 5. The SMILES string of the molecule is CCOc1cc(CNCc2c(C)noc2C)ccc1OC. The molecule has 0 aliphatic heterocycles. The Balaban J connectivity index is 1.98. The predicted molar refractivity (Wildman–Crippen MR) is 80.7 cm³/mol. The van der Waals surface area contributed by atoms with Crippen molar-refractivity contribution in [2.75, 3.05) is 13.7 Å². The highest BCUT2D eigenvalue weighted by molar-refractivity contribution is 5.43. The number of aryl methyl sites for hydroxylation is 2. The summed E-state index contributed by atoms with van der Waals surface area (Å²) < 4.78 is 16.0. The Kier molecular flexibility index (Phi) is 5.22. The van der Waals surface area contributed by atoms with Crippen LogP contribution in [0.15, 0.2) is 22.7 Å². The number of hydrogen-bond donors (Lipinski definition) is 1. The highest BCUT2D eigenvalue weighted by atomic mass is 16.5. The Morgan fingerprint density at radius 3 is 2.62 bits per heavy atom. The van der Waals surface area contributed by atoms with E-state index in [9.17, 15) is 0 Å². The maximum Gasteiger partial charge on any atom is 0.161 e. The molecule has 2 aromatic rings. The van der Waals surface area contributed by atoms with Crippen LogP contribution in [0, 0.1) is 13.8 Å². The summed E-state index contributed by atoms with van der Waals surface area (Å²) in [5.41, 5.74) is 3.20. The van der Waals surface area contributed by atoms with Crippen LogP contribution in [0.5, 0.6) is 11.5 Å². The molecule has 0 aliphatic carbocycles. The van der Waals surface area contributed by atoms with E-state index >= 15 is 0 Å². The monoisotopic (exact) mass is 290 g/mol. The van der Waals surface area contributed by atoms with Gasteiger partial charge in [-0.1, -0.05) is 11.2 Å². The molecule has 0 saturated carbocycles. The van der Waals surface area contributed by atoms with Crippen LogP contribution in [-0.2, 0) is 13.1 Å². The summed E-state index contributed by atoms with van der Waals surface area (Å²) in [7, 11) is 1.65. The van der Waals surface area contributed by atoms with Crippen molar-refractivity contribution < 1.29 is 14.0 Å². The Labute approximate surface area is 125 Å². The number of nitrogens with one attached hydrogen (secondary N) is 1. The molecule has 21 heavy (non-hydrogen) atoms. The van der Waals surface area contributed by atoms with Crippen molar-refractivity contribution in [1.82, 2.24) is 10.5 Å². The molecule has 114 valence electrons. The minimum atomic E-state index is 0.617. The van der Waals surface area contributed by atoms with Gasteiger partial charge in [-0.3, -0.25) is 0 Å². The van der Waals surface area contributed by atoms with E-state index in [1.54, 1.807) is 7.11 Å². The summed E-state index contributed by atoms with van der Waals surface area (Å²) in [5, 5.41) is 7.35.